The fraction of sp³-hybridized carbons (Fsp3) is 0.250. The second-order valence-electron chi connectivity index (χ2n) is 4.04. The molecular weight excluding hydrogens is 293 g/mol. The number of nitrogens with one attached hydrogen (secondary N) is 1. The van der Waals surface area contributed by atoms with Gasteiger partial charge in [-0.3, -0.25) is 10.1 Å². The van der Waals surface area contributed by atoms with E-state index in [4.69, 9.17) is 5.11 Å². The molecule has 0 fully saturated rings. The van der Waals surface area contributed by atoms with E-state index in [1.54, 1.807) is 0 Å². The third-order valence-corrected chi connectivity index (χ3v) is 2.55. The van der Waals surface area contributed by atoms with Crippen LogP contribution in [0.25, 0.3) is 0 Å². The number of hydrogen-bond acceptors (Lipinski definition) is 4. The maximum atomic E-state index is 12.9. The Kier molecular flexibility index (Phi) is 4.90. The zero-order valence-corrected chi connectivity index (χ0v) is 10.6. The summed E-state index contributed by atoms with van der Waals surface area (Å²) in [7, 11) is 0. The van der Waals surface area contributed by atoms with Gasteiger partial charge in [0.15, 0.2) is 0 Å². The highest BCUT2D eigenvalue weighted by Gasteiger charge is 2.36. The molecule has 0 saturated heterocycles. The average Bonchev–Trinajstić information content (AvgIpc) is 2.36. The number of carbonyl (C=O) groups is 1. The van der Waals surface area contributed by atoms with Gasteiger partial charge in [-0.2, -0.15) is 13.2 Å². The molecule has 2 N–H and O–H groups in total. The molecule has 0 saturated carbocycles. The Balaban J connectivity index is 3.25. The topological polar surface area (TPSA) is 92.5 Å². The number of aliphatic carboxylic acids is 1. The number of nitrogens with zero attached hydrogens (tertiary/aromatic N) is 1. The maximum Gasteiger partial charge on any atom is 0.418 e. The molecule has 21 heavy (non-hydrogen) atoms. The van der Waals surface area contributed by atoms with Crippen LogP contribution >= 0.6 is 0 Å². The van der Waals surface area contributed by atoms with Gasteiger partial charge in [0.05, 0.1) is 10.5 Å². The number of alkyl halides is 3. The number of carboxylic acids is 1. The first-order valence-electron chi connectivity index (χ1n) is 5.62. The molecule has 0 amide bonds. The van der Waals surface area contributed by atoms with E-state index in [1.165, 1.54) is 6.08 Å². The van der Waals surface area contributed by atoms with Crippen LogP contribution in [-0.4, -0.2) is 22.0 Å². The van der Waals surface area contributed by atoms with E-state index >= 15 is 0 Å². The van der Waals surface area contributed by atoms with Crippen molar-refractivity contribution in [2.24, 2.45) is 0 Å². The standard InChI is InChI=1S/C12H11F3N2O4/c1-2-3-10(11(18)19)16-9-5-4-7(17(20)21)6-8(9)12(13,14)15/h2,4-6,10,16H,1,3H2,(H,18,19). The molecule has 0 heterocycles. The van der Waals surface area contributed by atoms with Crippen molar-refractivity contribution in [1.82, 2.24) is 0 Å². The lowest BCUT2D eigenvalue weighted by Crippen LogP contribution is -2.29. The third kappa shape index (κ3) is 4.20. The second kappa shape index (κ2) is 6.25. The first-order chi connectivity index (χ1) is 9.66. The van der Waals surface area contributed by atoms with Crippen molar-refractivity contribution in [3.8, 4) is 0 Å². The Labute approximate surface area is 117 Å². The highest BCUT2D eigenvalue weighted by molar-refractivity contribution is 5.78. The molecular formula is C12H11F3N2O4. The van der Waals surface area contributed by atoms with Gasteiger partial charge in [-0.25, -0.2) is 4.79 Å². The van der Waals surface area contributed by atoms with E-state index in [1.807, 2.05) is 0 Å². The monoisotopic (exact) mass is 304 g/mol. The quantitative estimate of drug-likeness (QED) is 0.478. The fourth-order valence-corrected chi connectivity index (χ4v) is 1.58. The van der Waals surface area contributed by atoms with Crippen molar-refractivity contribution in [2.45, 2.75) is 18.6 Å². The van der Waals surface area contributed by atoms with E-state index in [0.717, 1.165) is 12.1 Å². The maximum absolute atomic E-state index is 12.9. The van der Waals surface area contributed by atoms with Crippen LogP contribution in [0.4, 0.5) is 24.5 Å². The Morgan fingerprint density at radius 1 is 1.52 bits per heavy atom. The SMILES string of the molecule is C=CCC(Nc1ccc([N+](=O)[O-])cc1C(F)(F)F)C(=O)O. The van der Waals surface area contributed by atoms with Crippen molar-refractivity contribution in [2.75, 3.05) is 5.32 Å². The van der Waals surface area contributed by atoms with Gasteiger partial charge in [-0.05, 0) is 12.5 Å². The van der Waals surface area contributed by atoms with Gasteiger partial charge in [0.2, 0.25) is 0 Å². The van der Waals surface area contributed by atoms with E-state index in [9.17, 15) is 28.1 Å². The van der Waals surface area contributed by atoms with Gasteiger partial charge < -0.3 is 10.4 Å². The number of nitro benzene ring substituents is 1. The van der Waals surface area contributed by atoms with Crippen molar-refractivity contribution in [1.29, 1.82) is 0 Å². The van der Waals surface area contributed by atoms with Gasteiger partial charge in [-0.15, -0.1) is 6.58 Å². The number of nitro groups is 1. The second-order valence-corrected chi connectivity index (χ2v) is 4.04. The number of benzene rings is 1. The molecule has 1 aromatic rings. The smallest absolute Gasteiger partial charge is 0.418 e. The highest BCUT2D eigenvalue weighted by Crippen LogP contribution is 2.37. The number of halogens is 3. The summed E-state index contributed by atoms with van der Waals surface area (Å²) < 4.78 is 38.7. The third-order valence-electron chi connectivity index (χ3n) is 2.55. The van der Waals surface area contributed by atoms with Crippen LogP contribution in [0.3, 0.4) is 0 Å². The molecule has 0 spiro atoms. The predicted molar refractivity (Wildman–Crippen MR) is 68.0 cm³/mol. The molecule has 0 aliphatic rings. The molecule has 9 heteroatoms. The zero-order chi connectivity index (χ0) is 16.2. The summed E-state index contributed by atoms with van der Waals surface area (Å²) in [6.45, 7) is 3.32. The Morgan fingerprint density at radius 3 is 2.57 bits per heavy atom. The van der Waals surface area contributed by atoms with Crippen LogP contribution in [0, 0.1) is 10.1 Å². The van der Waals surface area contributed by atoms with Crippen molar-refractivity contribution in [3.63, 3.8) is 0 Å². The summed E-state index contributed by atoms with van der Waals surface area (Å²) in [6, 6.07) is 0.740. The van der Waals surface area contributed by atoms with Gasteiger partial charge in [-0.1, -0.05) is 6.08 Å². The number of carboxylic acid groups (broad SMARTS) is 1. The number of non-ortho nitro benzene ring substituents is 1. The Hall–Kier alpha value is -2.58. The van der Waals surface area contributed by atoms with Gasteiger partial charge in [0.1, 0.15) is 6.04 Å². The first-order valence-corrected chi connectivity index (χ1v) is 5.62. The first kappa shape index (κ1) is 16.5. The minimum Gasteiger partial charge on any atom is -0.480 e. The number of rotatable bonds is 6. The molecule has 0 radical (unpaired) electrons. The van der Waals surface area contributed by atoms with Crippen LogP contribution in [0.1, 0.15) is 12.0 Å². The summed E-state index contributed by atoms with van der Waals surface area (Å²) in [5.74, 6) is -1.36. The van der Waals surface area contributed by atoms with Crippen LogP contribution < -0.4 is 5.32 Å². The molecule has 6 nitrogen and oxygen atoms in total. The molecule has 1 aromatic carbocycles. The van der Waals surface area contributed by atoms with Crippen LogP contribution in [0.15, 0.2) is 30.9 Å². The average molecular weight is 304 g/mol. The summed E-state index contributed by atoms with van der Waals surface area (Å²) in [6.07, 6.45) is -3.72. The normalized spacial score (nSPS) is 12.5. The minimum atomic E-state index is -4.86. The minimum absolute atomic E-state index is 0.108. The largest absolute Gasteiger partial charge is 0.480 e. The molecule has 1 atom stereocenters. The lowest BCUT2D eigenvalue weighted by atomic mass is 10.1. The lowest BCUT2D eigenvalue weighted by molar-refractivity contribution is -0.385. The zero-order valence-electron chi connectivity index (χ0n) is 10.6. The van der Waals surface area contributed by atoms with E-state index in [2.05, 4.69) is 11.9 Å². The van der Waals surface area contributed by atoms with Crippen molar-refractivity contribution >= 4 is 17.3 Å². The van der Waals surface area contributed by atoms with Gasteiger partial charge in [0.25, 0.3) is 5.69 Å². The summed E-state index contributed by atoms with van der Waals surface area (Å²) in [4.78, 5) is 20.5. The molecule has 0 aliphatic carbocycles. The summed E-state index contributed by atoms with van der Waals surface area (Å²) in [5, 5.41) is 21.6. The number of anilines is 1. The van der Waals surface area contributed by atoms with E-state index in [-0.39, 0.29) is 6.42 Å². The van der Waals surface area contributed by atoms with Crippen LogP contribution in [-0.2, 0) is 11.0 Å². The molecule has 1 rings (SSSR count). The van der Waals surface area contributed by atoms with E-state index < -0.39 is 40.0 Å². The predicted octanol–water partition coefficient (Wildman–Crippen LogP) is 3.05. The highest BCUT2D eigenvalue weighted by atomic mass is 19.4. The van der Waals surface area contributed by atoms with Gasteiger partial charge in [0, 0.05) is 17.8 Å². The Bertz CT molecular complexity index is 572. The van der Waals surface area contributed by atoms with Crippen LogP contribution in [0.5, 0.6) is 0 Å². The van der Waals surface area contributed by atoms with Crippen LogP contribution in [0.2, 0.25) is 0 Å². The summed E-state index contributed by atoms with van der Waals surface area (Å²) >= 11 is 0. The lowest BCUT2D eigenvalue weighted by Gasteiger charge is -2.18. The molecule has 0 aromatic heterocycles. The van der Waals surface area contributed by atoms with Gasteiger partial charge >= 0.3 is 12.1 Å². The molecule has 1 unspecified atom stereocenters. The molecule has 114 valence electrons. The van der Waals surface area contributed by atoms with Crippen molar-refractivity contribution < 1.29 is 28.0 Å². The molecule has 0 bridgehead atoms. The Morgan fingerprint density at radius 2 is 2.14 bits per heavy atom. The summed E-state index contributed by atoms with van der Waals surface area (Å²) in [5.41, 5.74) is -2.57. The molecule has 0 aliphatic heterocycles. The number of hydrogen-bond donors (Lipinski definition) is 2. The fourth-order valence-electron chi connectivity index (χ4n) is 1.58. The van der Waals surface area contributed by atoms with E-state index in [0.29, 0.717) is 6.07 Å². The van der Waals surface area contributed by atoms with Crippen molar-refractivity contribution in [3.05, 3.63) is 46.5 Å².